The molecule has 1 unspecified atom stereocenters. The summed E-state index contributed by atoms with van der Waals surface area (Å²) in [5, 5.41) is 12.7. The first-order valence-corrected chi connectivity index (χ1v) is 7.37. The molecule has 2 N–H and O–H groups in total. The first-order chi connectivity index (χ1) is 9.22. The van der Waals surface area contributed by atoms with Crippen LogP contribution in [0.2, 0.25) is 0 Å². The van der Waals surface area contributed by atoms with E-state index in [-0.39, 0.29) is 30.3 Å². The molecular weight excluding hydrogens is 324 g/mol. The van der Waals surface area contributed by atoms with Crippen molar-refractivity contribution in [2.45, 2.75) is 39.3 Å². The van der Waals surface area contributed by atoms with Gasteiger partial charge in [0.2, 0.25) is 5.91 Å². The Morgan fingerprint density at radius 1 is 1.50 bits per heavy atom. The van der Waals surface area contributed by atoms with E-state index in [1.807, 2.05) is 13.8 Å². The van der Waals surface area contributed by atoms with E-state index >= 15 is 0 Å². The Hall–Kier alpha value is -1.14. The van der Waals surface area contributed by atoms with Gasteiger partial charge >= 0.3 is 0 Å². The molecule has 1 heterocycles. The number of amides is 1. The molecule has 0 aliphatic rings. The number of pyridine rings is 1. The summed E-state index contributed by atoms with van der Waals surface area (Å²) in [7, 11) is 0. The van der Waals surface area contributed by atoms with Crippen LogP contribution >= 0.6 is 15.9 Å². The van der Waals surface area contributed by atoms with Gasteiger partial charge in [0.25, 0.3) is 5.56 Å². The van der Waals surface area contributed by atoms with E-state index in [1.54, 1.807) is 19.2 Å². The van der Waals surface area contributed by atoms with Crippen LogP contribution in [0.15, 0.2) is 27.6 Å². The maximum absolute atomic E-state index is 11.7. The zero-order valence-corrected chi connectivity index (χ0v) is 13.6. The molecule has 0 bridgehead atoms. The highest BCUT2D eigenvalue weighted by atomic mass is 79.9. The molecule has 6 heteroatoms. The van der Waals surface area contributed by atoms with Gasteiger partial charge in [-0.1, -0.05) is 13.8 Å². The zero-order valence-electron chi connectivity index (χ0n) is 12.0. The van der Waals surface area contributed by atoms with Gasteiger partial charge < -0.3 is 15.0 Å². The number of aliphatic hydroxyl groups is 1. The second-order valence-corrected chi connectivity index (χ2v) is 6.33. The quantitative estimate of drug-likeness (QED) is 0.821. The number of aryl methyl sites for hydroxylation is 1. The second-order valence-electron chi connectivity index (χ2n) is 5.42. The zero-order chi connectivity index (χ0) is 15.3. The number of carbonyl (C=O) groups is 1. The largest absolute Gasteiger partial charge is 0.388 e. The van der Waals surface area contributed by atoms with Gasteiger partial charge in [-0.05, 0) is 34.8 Å². The van der Waals surface area contributed by atoms with E-state index < -0.39 is 5.60 Å². The molecule has 1 amide bonds. The molecule has 0 aromatic carbocycles. The van der Waals surface area contributed by atoms with Crippen LogP contribution in [0.3, 0.4) is 0 Å². The van der Waals surface area contributed by atoms with Gasteiger partial charge in [0, 0.05) is 36.2 Å². The standard InChI is InChI=1S/C14H21BrN2O3/c1-10(2)14(3,20)9-16-12(18)6-7-17-8-11(15)4-5-13(17)19/h4-5,8,10,20H,6-7,9H2,1-3H3,(H,16,18). The van der Waals surface area contributed by atoms with Gasteiger partial charge in [0.05, 0.1) is 5.60 Å². The number of nitrogens with one attached hydrogen (secondary N) is 1. The molecule has 20 heavy (non-hydrogen) atoms. The number of carbonyl (C=O) groups excluding carboxylic acids is 1. The third-order valence-corrected chi connectivity index (χ3v) is 3.88. The number of hydrogen-bond acceptors (Lipinski definition) is 3. The first kappa shape index (κ1) is 16.9. The van der Waals surface area contributed by atoms with E-state index in [0.717, 1.165) is 4.47 Å². The van der Waals surface area contributed by atoms with E-state index in [1.165, 1.54) is 10.6 Å². The lowest BCUT2D eigenvalue weighted by atomic mass is 9.92. The third kappa shape index (κ3) is 5.09. The number of nitrogens with zero attached hydrogens (tertiary/aromatic N) is 1. The minimum absolute atomic E-state index is 0.0514. The fourth-order valence-electron chi connectivity index (χ4n) is 1.47. The molecule has 1 atom stereocenters. The summed E-state index contributed by atoms with van der Waals surface area (Å²) < 4.78 is 2.27. The molecule has 0 saturated heterocycles. The lowest BCUT2D eigenvalue weighted by molar-refractivity contribution is -0.122. The highest BCUT2D eigenvalue weighted by molar-refractivity contribution is 9.10. The Kier molecular flexibility index (Phi) is 5.95. The monoisotopic (exact) mass is 344 g/mol. The van der Waals surface area contributed by atoms with Crippen molar-refractivity contribution in [1.82, 2.24) is 9.88 Å². The van der Waals surface area contributed by atoms with E-state index in [9.17, 15) is 14.7 Å². The molecular formula is C14H21BrN2O3. The van der Waals surface area contributed by atoms with Crippen molar-refractivity contribution < 1.29 is 9.90 Å². The molecule has 0 fully saturated rings. The third-order valence-electron chi connectivity index (χ3n) is 3.41. The second kappa shape index (κ2) is 7.04. The van der Waals surface area contributed by atoms with Crippen molar-refractivity contribution in [2.24, 2.45) is 5.92 Å². The first-order valence-electron chi connectivity index (χ1n) is 6.57. The summed E-state index contributed by atoms with van der Waals surface area (Å²) in [4.78, 5) is 23.3. The van der Waals surface area contributed by atoms with Gasteiger partial charge in [0.1, 0.15) is 0 Å². The summed E-state index contributed by atoms with van der Waals surface area (Å²) in [6.45, 7) is 6.00. The topological polar surface area (TPSA) is 71.3 Å². The predicted octanol–water partition coefficient (Wildman–Crippen LogP) is 1.52. The number of rotatable bonds is 6. The lowest BCUT2D eigenvalue weighted by Gasteiger charge is -2.27. The van der Waals surface area contributed by atoms with Crippen LogP contribution in [0.4, 0.5) is 0 Å². The maximum atomic E-state index is 11.7. The molecule has 112 valence electrons. The highest BCUT2D eigenvalue weighted by Crippen LogP contribution is 2.14. The van der Waals surface area contributed by atoms with Gasteiger partial charge in [-0.25, -0.2) is 0 Å². The number of halogens is 1. The minimum atomic E-state index is -0.928. The Bertz CT molecular complexity index is 523. The van der Waals surface area contributed by atoms with Crippen molar-refractivity contribution in [3.8, 4) is 0 Å². The summed E-state index contributed by atoms with van der Waals surface area (Å²) in [6, 6.07) is 3.12. The average Bonchev–Trinajstić information content (AvgIpc) is 2.37. The maximum Gasteiger partial charge on any atom is 0.250 e. The Labute approximate surface area is 127 Å². The van der Waals surface area contributed by atoms with E-state index in [2.05, 4.69) is 21.2 Å². The van der Waals surface area contributed by atoms with E-state index in [4.69, 9.17) is 0 Å². The van der Waals surface area contributed by atoms with Crippen molar-refractivity contribution in [1.29, 1.82) is 0 Å². The Morgan fingerprint density at radius 2 is 2.15 bits per heavy atom. The molecule has 5 nitrogen and oxygen atoms in total. The van der Waals surface area contributed by atoms with Crippen molar-refractivity contribution in [3.05, 3.63) is 33.2 Å². The van der Waals surface area contributed by atoms with Gasteiger partial charge in [-0.2, -0.15) is 0 Å². The number of hydrogen-bond donors (Lipinski definition) is 2. The molecule has 0 aliphatic carbocycles. The minimum Gasteiger partial charge on any atom is -0.388 e. The lowest BCUT2D eigenvalue weighted by Crippen LogP contribution is -2.44. The molecule has 1 aromatic heterocycles. The molecule has 0 aliphatic heterocycles. The number of aromatic nitrogens is 1. The van der Waals surface area contributed by atoms with Crippen LogP contribution in [-0.4, -0.2) is 27.7 Å². The predicted molar refractivity (Wildman–Crippen MR) is 81.5 cm³/mol. The fraction of sp³-hybridized carbons (Fsp3) is 0.571. The van der Waals surface area contributed by atoms with Crippen LogP contribution in [0, 0.1) is 5.92 Å². The van der Waals surface area contributed by atoms with Crippen molar-refractivity contribution in [2.75, 3.05) is 6.54 Å². The molecule has 0 saturated carbocycles. The summed E-state index contributed by atoms with van der Waals surface area (Å²) >= 11 is 3.28. The molecule has 1 aromatic rings. The summed E-state index contributed by atoms with van der Waals surface area (Å²) in [5.41, 5.74) is -1.07. The Balaban J connectivity index is 2.48. The van der Waals surface area contributed by atoms with Crippen molar-refractivity contribution >= 4 is 21.8 Å². The molecule has 0 spiro atoms. The summed E-state index contributed by atoms with van der Waals surface area (Å²) in [6.07, 6.45) is 1.85. The van der Waals surface area contributed by atoms with Gasteiger partial charge in [-0.15, -0.1) is 0 Å². The van der Waals surface area contributed by atoms with Gasteiger partial charge in [0.15, 0.2) is 0 Å². The molecule has 0 radical (unpaired) electrons. The van der Waals surface area contributed by atoms with Crippen LogP contribution in [0.25, 0.3) is 0 Å². The normalized spacial score (nSPS) is 14.1. The van der Waals surface area contributed by atoms with Crippen LogP contribution in [0.5, 0.6) is 0 Å². The van der Waals surface area contributed by atoms with Crippen LogP contribution in [-0.2, 0) is 11.3 Å². The van der Waals surface area contributed by atoms with Crippen LogP contribution < -0.4 is 10.9 Å². The van der Waals surface area contributed by atoms with Gasteiger partial charge in [-0.3, -0.25) is 9.59 Å². The smallest absolute Gasteiger partial charge is 0.250 e. The average molecular weight is 345 g/mol. The molecule has 1 rings (SSSR count). The van der Waals surface area contributed by atoms with E-state index in [0.29, 0.717) is 6.54 Å². The van der Waals surface area contributed by atoms with Crippen molar-refractivity contribution in [3.63, 3.8) is 0 Å². The fourth-order valence-corrected chi connectivity index (χ4v) is 1.85. The highest BCUT2D eigenvalue weighted by Gasteiger charge is 2.25. The Morgan fingerprint density at radius 3 is 2.75 bits per heavy atom. The summed E-state index contributed by atoms with van der Waals surface area (Å²) in [5.74, 6) is -0.131. The SMILES string of the molecule is CC(C)C(C)(O)CNC(=O)CCn1cc(Br)ccc1=O. The van der Waals surface area contributed by atoms with Crippen LogP contribution in [0.1, 0.15) is 27.2 Å².